The Balaban J connectivity index is 1.30. The minimum Gasteiger partial charge on any atom is -0.324 e. The lowest BCUT2D eigenvalue weighted by molar-refractivity contribution is 0.202. The second-order valence-electron chi connectivity index (χ2n) is 10.9. The molecule has 0 unspecified atom stereocenters. The Kier molecular flexibility index (Phi) is 10.0. The molecule has 1 aliphatic rings. The molecular formula is C33H38N4O3S2. The maximum absolute atomic E-state index is 13.7. The molecule has 9 heteroatoms. The zero-order chi connectivity index (χ0) is 29.4. The first-order valence-corrected chi connectivity index (χ1v) is 17.3. The van der Waals surface area contributed by atoms with E-state index in [-0.39, 0.29) is 16.8 Å². The van der Waals surface area contributed by atoms with Gasteiger partial charge in [-0.25, -0.2) is 18.2 Å². The van der Waals surface area contributed by atoms with E-state index >= 15 is 0 Å². The lowest BCUT2D eigenvalue weighted by Crippen LogP contribution is -2.38. The minimum atomic E-state index is -3.27. The number of anilines is 1. The van der Waals surface area contributed by atoms with Gasteiger partial charge in [-0.05, 0) is 68.0 Å². The molecule has 220 valence electrons. The Hall–Kier alpha value is -3.53. The zero-order valence-electron chi connectivity index (χ0n) is 23.9. The molecule has 7 nitrogen and oxygen atoms in total. The third-order valence-electron chi connectivity index (χ3n) is 7.94. The highest BCUT2D eigenvalue weighted by Crippen LogP contribution is 2.30. The van der Waals surface area contributed by atoms with Gasteiger partial charge in [-0.15, -0.1) is 11.3 Å². The molecule has 2 heterocycles. The number of urea groups is 1. The van der Waals surface area contributed by atoms with Crippen molar-refractivity contribution in [3.63, 3.8) is 0 Å². The van der Waals surface area contributed by atoms with E-state index in [1.807, 2.05) is 22.4 Å². The topological polar surface area (TPSA) is 91.4 Å². The first-order valence-electron chi connectivity index (χ1n) is 14.5. The third-order valence-corrected chi connectivity index (χ3v) is 9.83. The van der Waals surface area contributed by atoms with Crippen molar-refractivity contribution in [2.75, 3.05) is 37.8 Å². The molecule has 0 aliphatic carbocycles. The fraction of sp³-hybridized carbons (Fsp3) is 0.333. The normalized spacial score (nSPS) is 14.1. The van der Waals surface area contributed by atoms with Gasteiger partial charge in [0.2, 0.25) is 0 Å². The van der Waals surface area contributed by atoms with Gasteiger partial charge in [0.1, 0.15) is 0 Å². The fourth-order valence-corrected chi connectivity index (χ4v) is 6.85. The molecule has 1 fully saturated rings. The molecule has 42 heavy (non-hydrogen) atoms. The summed E-state index contributed by atoms with van der Waals surface area (Å²) in [7, 11) is -3.27. The van der Waals surface area contributed by atoms with E-state index in [4.69, 9.17) is 0 Å². The van der Waals surface area contributed by atoms with Crippen molar-refractivity contribution < 1.29 is 13.2 Å². The van der Waals surface area contributed by atoms with E-state index in [9.17, 15) is 13.2 Å². The summed E-state index contributed by atoms with van der Waals surface area (Å²) in [6.45, 7) is 3.39. The number of rotatable bonds is 11. The summed E-state index contributed by atoms with van der Waals surface area (Å²) >= 11 is 1.37. The Morgan fingerprint density at radius 2 is 1.57 bits per heavy atom. The molecule has 1 saturated heterocycles. The molecule has 1 aromatic heterocycles. The Bertz CT molecular complexity index is 1500. The van der Waals surface area contributed by atoms with Crippen LogP contribution in [-0.4, -0.2) is 56.8 Å². The van der Waals surface area contributed by atoms with Crippen LogP contribution in [0.5, 0.6) is 0 Å². The number of thiazole rings is 1. The molecule has 4 aromatic rings. The summed E-state index contributed by atoms with van der Waals surface area (Å²) in [5.74, 6) is 0.796. The van der Waals surface area contributed by atoms with E-state index in [0.717, 1.165) is 44.3 Å². The second kappa shape index (κ2) is 14.1. The maximum atomic E-state index is 13.7. The van der Waals surface area contributed by atoms with Gasteiger partial charge < -0.3 is 10.2 Å². The molecule has 0 bridgehead atoms. The SMILES string of the molecule is CS(=O)(=O)c1ccc(-c2csc(NC(=O)N(CCC3CCNCC3)CCC(c3ccccc3)c3ccccc3)n2)cc1. The van der Waals surface area contributed by atoms with Crippen LogP contribution in [0.4, 0.5) is 9.93 Å². The predicted molar refractivity (Wildman–Crippen MR) is 171 cm³/mol. The van der Waals surface area contributed by atoms with Crippen LogP contribution in [0.2, 0.25) is 0 Å². The standard InChI is InChI=1S/C33H38N4O3S2/c1-42(39,40)29-14-12-28(13-15-29)31-24-41-32(35-31)36-33(38)37(22-18-25-16-20-34-21-17-25)23-19-30(26-8-4-2-5-9-26)27-10-6-3-7-11-27/h2-15,24-25,30,34H,16-23H2,1H3,(H,35,36,38). The van der Waals surface area contributed by atoms with Crippen molar-refractivity contribution in [2.24, 2.45) is 5.92 Å². The number of piperidine rings is 1. The number of benzene rings is 3. The molecule has 5 rings (SSSR count). The van der Waals surface area contributed by atoms with Crippen molar-refractivity contribution in [3.8, 4) is 11.3 Å². The smallest absolute Gasteiger partial charge is 0.323 e. The summed E-state index contributed by atoms with van der Waals surface area (Å²) in [6, 6.07) is 27.5. The average Bonchev–Trinajstić information content (AvgIpc) is 3.48. The molecule has 0 atom stereocenters. The number of sulfone groups is 1. The maximum Gasteiger partial charge on any atom is 0.323 e. The van der Waals surface area contributed by atoms with Crippen LogP contribution < -0.4 is 10.6 Å². The van der Waals surface area contributed by atoms with Crippen LogP contribution in [0, 0.1) is 5.92 Å². The summed E-state index contributed by atoms with van der Waals surface area (Å²) in [6.07, 6.45) is 5.26. The first-order chi connectivity index (χ1) is 20.4. The van der Waals surface area contributed by atoms with E-state index in [2.05, 4.69) is 64.1 Å². The quantitative estimate of drug-likeness (QED) is 0.200. The highest BCUT2D eigenvalue weighted by molar-refractivity contribution is 7.90. The molecule has 2 N–H and O–H groups in total. The van der Waals surface area contributed by atoms with Gasteiger partial charge >= 0.3 is 6.03 Å². The van der Waals surface area contributed by atoms with Crippen LogP contribution in [0.3, 0.4) is 0 Å². The molecule has 2 amide bonds. The van der Waals surface area contributed by atoms with Crippen LogP contribution in [-0.2, 0) is 9.84 Å². The lowest BCUT2D eigenvalue weighted by Gasteiger charge is -2.29. The van der Waals surface area contributed by atoms with E-state index in [1.54, 1.807) is 24.3 Å². The van der Waals surface area contributed by atoms with Gasteiger partial charge in [0.15, 0.2) is 15.0 Å². The van der Waals surface area contributed by atoms with Crippen LogP contribution in [0.15, 0.2) is 95.2 Å². The highest BCUT2D eigenvalue weighted by Gasteiger charge is 2.22. The summed E-state index contributed by atoms with van der Waals surface area (Å²) < 4.78 is 23.6. The van der Waals surface area contributed by atoms with Crippen molar-refractivity contribution in [2.45, 2.75) is 36.5 Å². The van der Waals surface area contributed by atoms with Gasteiger partial charge in [-0.1, -0.05) is 72.8 Å². The number of hydrogen-bond acceptors (Lipinski definition) is 6. The molecule has 0 spiro atoms. The van der Waals surface area contributed by atoms with Crippen LogP contribution in [0.25, 0.3) is 11.3 Å². The summed E-state index contributed by atoms with van der Waals surface area (Å²) in [5, 5.41) is 8.88. The predicted octanol–water partition coefficient (Wildman–Crippen LogP) is 6.66. The van der Waals surface area contributed by atoms with Crippen LogP contribution >= 0.6 is 11.3 Å². The third kappa shape index (κ3) is 8.06. The van der Waals surface area contributed by atoms with Crippen molar-refractivity contribution in [1.82, 2.24) is 15.2 Å². The van der Waals surface area contributed by atoms with Gasteiger partial charge in [-0.2, -0.15) is 0 Å². The first kappa shape index (κ1) is 29.9. The van der Waals surface area contributed by atoms with Crippen LogP contribution in [0.1, 0.15) is 42.7 Å². The minimum absolute atomic E-state index is 0.142. The number of hydrogen-bond donors (Lipinski definition) is 2. The Morgan fingerprint density at radius 1 is 0.952 bits per heavy atom. The molecule has 1 aliphatic heterocycles. The molecule has 0 saturated carbocycles. The molecular weight excluding hydrogens is 565 g/mol. The van der Waals surface area contributed by atoms with Crippen molar-refractivity contribution in [1.29, 1.82) is 0 Å². The largest absolute Gasteiger partial charge is 0.324 e. The second-order valence-corrected chi connectivity index (χ2v) is 13.8. The fourth-order valence-electron chi connectivity index (χ4n) is 5.51. The monoisotopic (exact) mass is 602 g/mol. The van der Waals surface area contributed by atoms with Crippen molar-refractivity contribution >= 4 is 32.3 Å². The zero-order valence-corrected chi connectivity index (χ0v) is 25.5. The average molecular weight is 603 g/mol. The molecule has 0 radical (unpaired) electrons. The number of aromatic nitrogens is 1. The van der Waals surface area contributed by atoms with E-state index < -0.39 is 9.84 Å². The number of amides is 2. The van der Waals surface area contributed by atoms with Gasteiger partial charge in [0, 0.05) is 36.2 Å². The lowest BCUT2D eigenvalue weighted by atomic mass is 9.88. The Labute approximate surface area is 252 Å². The summed E-state index contributed by atoms with van der Waals surface area (Å²) in [5.41, 5.74) is 3.99. The number of nitrogens with one attached hydrogen (secondary N) is 2. The van der Waals surface area contributed by atoms with E-state index in [0.29, 0.717) is 29.8 Å². The molecule has 3 aromatic carbocycles. The Morgan fingerprint density at radius 3 is 2.17 bits per heavy atom. The van der Waals surface area contributed by atoms with Gasteiger partial charge in [-0.3, -0.25) is 5.32 Å². The number of carbonyl (C=O) groups is 1. The highest BCUT2D eigenvalue weighted by atomic mass is 32.2. The van der Waals surface area contributed by atoms with E-state index in [1.165, 1.54) is 28.7 Å². The number of carbonyl (C=O) groups excluding carboxylic acids is 1. The van der Waals surface area contributed by atoms with Gasteiger partial charge in [0.05, 0.1) is 10.6 Å². The number of nitrogens with zero attached hydrogens (tertiary/aromatic N) is 2. The van der Waals surface area contributed by atoms with Gasteiger partial charge in [0.25, 0.3) is 0 Å². The van der Waals surface area contributed by atoms with Crippen molar-refractivity contribution in [3.05, 3.63) is 101 Å². The summed E-state index contributed by atoms with van der Waals surface area (Å²) in [4.78, 5) is 20.5.